The second-order valence-corrected chi connectivity index (χ2v) is 7.64. The second-order valence-electron chi connectivity index (χ2n) is 6.56. The molecule has 3 aromatic rings. The van der Waals surface area contributed by atoms with Gasteiger partial charge in [-0.1, -0.05) is 18.2 Å². The Balaban J connectivity index is 1.45. The maximum atomic E-state index is 12.1. The number of nitrogens with zero attached hydrogens (tertiary/aromatic N) is 2. The van der Waals surface area contributed by atoms with E-state index >= 15 is 0 Å². The molecule has 2 N–H and O–H groups in total. The number of aromatic nitrogens is 2. The molecular weight excluding hydrogens is 344 g/mol. The zero-order valence-electron chi connectivity index (χ0n) is 14.8. The van der Waals surface area contributed by atoms with Gasteiger partial charge in [0, 0.05) is 23.5 Å². The Morgan fingerprint density at radius 1 is 1.12 bits per heavy atom. The number of anilines is 1. The van der Waals surface area contributed by atoms with Crippen LogP contribution in [-0.2, 0) is 12.8 Å². The highest BCUT2D eigenvalue weighted by molar-refractivity contribution is 7.19. The minimum Gasteiger partial charge on any atom is -0.368 e. The lowest BCUT2D eigenvalue weighted by Gasteiger charge is -2.13. The van der Waals surface area contributed by atoms with Gasteiger partial charge in [0.1, 0.15) is 16.5 Å². The molecule has 6 heteroatoms. The van der Waals surface area contributed by atoms with Crippen molar-refractivity contribution in [2.75, 3.05) is 18.4 Å². The summed E-state index contributed by atoms with van der Waals surface area (Å²) in [5, 5.41) is 7.54. The first-order chi connectivity index (χ1) is 12.7. The van der Waals surface area contributed by atoms with Crippen LogP contribution in [0.4, 0.5) is 5.82 Å². The first-order valence-electron chi connectivity index (χ1n) is 9.08. The summed E-state index contributed by atoms with van der Waals surface area (Å²) in [6.45, 7) is 3.11. The van der Waals surface area contributed by atoms with E-state index in [1.54, 1.807) is 0 Å². The number of thiophene rings is 1. The van der Waals surface area contributed by atoms with Gasteiger partial charge >= 0.3 is 0 Å². The molecule has 2 heterocycles. The van der Waals surface area contributed by atoms with Crippen LogP contribution in [0.3, 0.4) is 0 Å². The van der Waals surface area contributed by atoms with E-state index in [1.807, 2.05) is 48.6 Å². The molecule has 134 valence electrons. The van der Waals surface area contributed by atoms with Crippen LogP contribution in [0.25, 0.3) is 10.2 Å². The molecule has 0 bridgehead atoms. The van der Waals surface area contributed by atoms with Crippen LogP contribution in [0.1, 0.15) is 39.5 Å². The van der Waals surface area contributed by atoms with Crippen molar-refractivity contribution in [2.24, 2.45) is 0 Å². The molecule has 0 saturated carbocycles. The normalized spacial score (nSPS) is 13.4. The average molecular weight is 366 g/mol. The quantitative estimate of drug-likeness (QED) is 0.676. The number of carbonyl (C=O) groups is 1. The lowest BCUT2D eigenvalue weighted by Crippen LogP contribution is -2.28. The summed E-state index contributed by atoms with van der Waals surface area (Å²) in [6.07, 6.45) is 4.77. The minimum atomic E-state index is -0.0515. The number of carbonyl (C=O) groups excluding carboxylic acids is 1. The number of benzene rings is 1. The largest absolute Gasteiger partial charge is 0.368 e. The average Bonchev–Trinajstić information content (AvgIpc) is 3.03. The molecule has 5 nitrogen and oxygen atoms in total. The van der Waals surface area contributed by atoms with E-state index < -0.39 is 0 Å². The molecule has 0 aliphatic heterocycles. The van der Waals surface area contributed by atoms with Gasteiger partial charge in [-0.2, -0.15) is 0 Å². The molecule has 0 fully saturated rings. The van der Waals surface area contributed by atoms with E-state index in [-0.39, 0.29) is 5.91 Å². The van der Waals surface area contributed by atoms with Gasteiger partial charge in [0.15, 0.2) is 0 Å². The van der Waals surface area contributed by atoms with Crippen LogP contribution in [-0.4, -0.2) is 29.0 Å². The molecule has 2 aromatic heterocycles. The fourth-order valence-electron chi connectivity index (χ4n) is 3.44. The third-order valence-electron chi connectivity index (χ3n) is 4.67. The van der Waals surface area contributed by atoms with Gasteiger partial charge < -0.3 is 10.6 Å². The van der Waals surface area contributed by atoms with E-state index in [2.05, 4.69) is 20.6 Å². The molecule has 1 amide bonds. The zero-order chi connectivity index (χ0) is 17.9. The van der Waals surface area contributed by atoms with Crippen molar-refractivity contribution in [1.29, 1.82) is 0 Å². The van der Waals surface area contributed by atoms with Crippen molar-refractivity contribution in [3.8, 4) is 0 Å². The van der Waals surface area contributed by atoms with Gasteiger partial charge in [0.2, 0.25) is 0 Å². The number of nitrogens with one attached hydrogen (secondary N) is 2. The van der Waals surface area contributed by atoms with E-state index in [1.165, 1.54) is 28.7 Å². The zero-order valence-corrected chi connectivity index (χ0v) is 15.7. The summed E-state index contributed by atoms with van der Waals surface area (Å²) >= 11 is 1.81. The van der Waals surface area contributed by atoms with Crippen LogP contribution >= 0.6 is 11.3 Å². The molecule has 0 atom stereocenters. The minimum absolute atomic E-state index is 0.0515. The van der Waals surface area contributed by atoms with Crippen LogP contribution in [0, 0.1) is 6.92 Å². The molecule has 0 saturated heterocycles. The highest BCUT2D eigenvalue weighted by atomic mass is 32.1. The number of fused-ring (bicyclic) bond motifs is 3. The molecule has 4 rings (SSSR count). The van der Waals surface area contributed by atoms with Crippen LogP contribution in [0.15, 0.2) is 30.3 Å². The van der Waals surface area contributed by atoms with Crippen molar-refractivity contribution in [2.45, 2.75) is 32.6 Å². The van der Waals surface area contributed by atoms with Gasteiger partial charge in [0.25, 0.3) is 5.91 Å². The predicted molar refractivity (Wildman–Crippen MR) is 106 cm³/mol. The van der Waals surface area contributed by atoms with E-state index in [0.717, 1.165) is 29.3 Å². The molecule has 26 heavy (non-hydrogen) atoms. The topological polar surface area (TPSA) is 66.9 Å². The van der Waals surface area contributed by atoms with Gasteiger partial charge in [-0.15, -0.1) is 11.3 Å². The number of amides is 1. The summed E-state index contributed by atoms with van der Waals surface area (Å²) in [6, 6.07) is 9.28. The van der Waals surface area contributed by atoms with Gasteiger partial charge in [0.05, 0.1) is 5.39 Å². The number of hydrogen-bond donors (Lipinski definition) is 2. The van der Waals surface area contributed by atoms with Crippen LogP contribution in [0.2, 0.25) is 0 Å². The Labute approximate surface area is 156 Å². The first kappa shape index (κ1) is 17.0. The van der Waals surface area contributed by atoms with Crippen LogP contribution < -0.4 is 10.6 Å². The smallest absolute Gasteiger partial charge is 0.251 e. The number of rotatable bonds is 5. The lowest BCUT2D eigenvalue weighted by molar-refractivity contribution is 0.0955. The molecule has 0 unspecified atom stereocenters. The summed E-state index contributed by atoms with van der Waals surface area (Å²) < 4.78 is 0. The van der Waals surface area contributed by atoms with Crippen molar-refractivity contribution < 1.29 is 4.79 Å². The first-order valence-corrected chi connectivity index (χ1v) is 9.90. The molecular formula is C20H22N4OS. The highest BCUT2D eigenvalue weighted by Gasteiger charge is 2.20. The standard InChI is InChI=1S/C20H22N4OS/c1-13-23-18(17-15-9-5-6-10-16(15)26-20(17)24-13)21-11-12-22-19(25)14-7-3-2-4-8-14/h2-4,7-8H,5-6,9-12H2,1H3,(H,22,25)(H,21,23,24). The van der Waals surface area contributed by atoms with E-state index in [0.29, 0.717) is 18.7 Å². The summed E-state index contributed by atoms with van der Waals surface area (Å²) in [7, 11) is 0. The molecule has 1 aliphatic carbocycles. The molecule has 0 radical (unpaired) electrons. The third kappa shape index (κ3) is 3.42. The predicted octanol–water partition coefficient (Wildman–Crippen LogP) is 3.72. The maximum Gasteiger partial charge on any atom is 0.251 e. The molecule has 0 spiro atoms. The summed E-state index contributed by atoms with van der Waals surface area (Å²) in [5.41, 5.74) is 2.10. The third-order valence-corrected chi connectivity index (χ3v) is 5.85. The number of aryl methyl sites for hydroxylation is 3. The summed E-state index contributed by atoms with van der Waals surface area (Å²) in [4.78, 5) is 23.9. The fraction of sp³-hybridized carbons (Fsp3) is 0.350. The maximum absolute atomic E-state index is 12.1. The Morgan fingerprint density at radius 3 is 2.77 bits per heavy atom. The lowest BCUT2D eigenvalue weighted by atomic mass is 9.97. The monoisotopic (exact) mass is 366 g/mol. The van der Waals surface area contributed by atoms with Gasteiger partial charge in [-0.05, 0) is 50.3 Å². The van der Waals surface area contributed by atoms with E-state index in [4.69, 9.17) is 0 Å². The highest BCUT2D eigenvalue weighted by Crippen LogP contribution is 2.38. The van der Waals surface area contributed by atoms with Crippen molar-refractivity contribution >= 4 is 33.3 Å². The van der Waals surface area contributed by atoms with Crippen molar-refractivity contribution in [3.05, 3.63) is 52.2 Å². The Morgan fingerprint density at radius 2 is 1.92 bits per heavy atom. The molecule has 1 aliphatic rings. The fourth-order valence-corrected chi connectivity index (χ4v) is 4.75. The van der Waals surface area contributed by atoms with Gasteiger partial charge in [-0.3, -0.25) is 4.79 Å². The van der Waals surface area contributed by atoms with Crippen molar-refractivity contribution in [1.82, 2.24) is 15.3 Å². The van der Waals surface area contributed by atoms with Crippen molar-refractivity contribution in [3.63, 3.8) is 0 Å². The number of hydrogen-bond acceptors (Lipinski definition) is 5. The second kappa shape index (κ2) is 7.41. The van der Waals surface area contributed by atoms with E-state index in [9.17, 15) is 4.79 Å². The SMILES string of the molecule is Cc1nc(NCCNC(=O)c2ccccc2)c2c3c(sc2n1)CCCC3. The molecule has 1 aromatic carbocycles. The Hall–Kier alpha value is -2.47. The van der Waals surface area contributed by atoms with Gasteiger partial charge in [-0.25, -0.2) is 9.97 Å². The Bertz CT molecular complexity index is 936. The Kier molecular flexibility index (Phi) is 4.84. The van der Waals surface area contributed by atoms with Crippen LogP contribution in [0.5, 0.6) is 0 Å². The summed E-state index contributed by atoms with van der Waals surface area (Å²) in [5.74, 6) is 1.64.